The summed E-state index contributed by atoms with van der Waals surface area (Å²) in [7, 11) is -4.64. The van der Waals surface area contributed by atoms with Gasteiger partial charge in [0, 0.05) is 12.1 Å². The Morgan fingerprint density at radius 1 is 1.00 bits per heavy atom. The second kappa shape index (κ2) is 8.94. The molecule has 4 N–H and O–H groups in total. The molecule has 0 aromatic rings. The number of alkyl halides is 6. The molecular formula is C9H18F6NO4P. The maximum atomic E-state index is 12.0. The van der Waals surface area contributed by atoms with Crippen molar-refractivity contribution in [1.29, 1.82) is 0 Å². The molecular weight excluding hydrogens is 331 g/mol. The first-order valence-corrected chi connectivity index (χ1v) is 7.28. The Kier molecular flexibility index (Phi) is 9.76. The SMILES string of the molecule is CCC(C)NC(CC(F)(F)F)CC(F)(F)F.O=P(O)(O)O. The molecule has 0 aromatic carbocycles. The second-order valence-corrected chi connectivity index (χ2v) is 5.35. The minimum absolute atomic E-state index is 0.366. The zero-order chi connectivity index (χ0) is 17.5. The van der Waals surface area contributed by atoms with Crippen LogP contribution in [0.1, 0.15) is 33.1 Å². The Morgan fingerprint density at radius 2 is 1.29 bits per heavy atom. The summed E-state index contributed by atoms with van der Waals surface area (Å²) in [5.74, 6) is 0. The fraction of sp³-hybridized carbons (Fsp3) is 1.00. The molecule has 0 aliphatic heterocycles. The van der Waals surface area contributed by atoms with Gasteiger partial charge in [-0.25, -0.2) is 4.57 Å². The zero-order valence-corrected chi connectivity index (χ0v) is 12.1. The van der Waals surface area contributed by atoms with Gasteiger partial charge in [0.25, 0.3) is 0 Å². The quantitative estimate of drug-likeness (QED) is 0.453. The van der Waals surface area contributed by atoms with Crippen LogP contribution in [0.5, 0.6) is 0 Å². The highest BCUT2D eigenvalue weighted by molar-refractivity contribution is 7.45. The molecule has 0 fully saturated rings. The lowest BCUT2D eigenvalue weighted by molar-refractivity contribution is -0.165. The Balaban J connectivity index is 0. The maximum absolute atomic E-state index is 12.0. The summed E-state index contributed by atoms with van der Waals surface area (Å²) in [5, 5.41) is 2.34. The van der Waals surface area contributed by atoms with Crippen molar-refractivity contribution in [3.63, 3.8) is 0 Å². The van der Waals surface area contributed by atoms with Gasteiger partial charge in [-0.15, -0.1) is 0 Å². The van der Waals surface area contributed by atoms with Crippen LogP contribution in [0.3, 0.4) is 0 Å². The average molecular weight is 349 g/mol. The van der Waals surface area contributed by atoms with E-state index >= 15 is 0 Å². The highest BCUT2D eigenvalue weighted by Crippen LogP contribution is 2.29. The molecule has 0 aliphatic carbocycles. The smallest absolute Gasteiger partial charge is 0.311 e. The Morgan fingerprint density at radius 3 is 1.48 bits per heavy atom. The Labute approximate surface area is 117 Å². The minimum atomic E-state index is -4.64. The number of rotatable bonds is 5. The van der Waals surface area contributed by atoms with Crippen molar-refractivity contribution in [3.05, 3.63) is 0 Å². The third kappa shape index (κ3) is 25.0. The van der Waals surface area contributed by atoms with Crippen molar-refractivity contribution in [2.24, 2.45) is 0 Å². The third-order valence-electron chi connectivity index (χ3n) is 2.09. The Bertz CT molecular complexity index is 305. The van der Waals surface area contributed by atoms with Crippen molar-refractivity contribution >= 4 is 7.82 Å². The Hall–Kier alpha value is -0.350. The van der Waals surface area contributed by atoms with Crippen LogP contribution in [0.25, 0.3) is 0 Å². The molecule has 21 heavy (non-hydrogen) atoms. The first-order valence-electron chi connectivity index (χ1n) is 5.71. The predicted molar refractivity (Wildman–Crippen MR) is 62.3 cm³/mol. The van der Waals surface area contributed by atoms with Crippen LogP contribution in [0, 0.1) is 0 Å². The zero-order valence-electron chi connectivity index (χ0n) is 11.2. The van der Waals surface area contributed by atoms with Crippen molar-refractivity contribution in [2.75, 3.05) is 0 Å². The topological polar surface area (TPSA) is 89.8 Å². The van der Waals surface area contributed by atoms with Gasteiger partial charge in [0.05, 0.1) is 12.8 Å². The molecule has 5 nitrogen and oxygen atoms in total. The fourth-order valence-electron chi connectivity index (χ4n) is 1.27. The van der Waals surface area contributed by atoms with Crippen molar-refractivity contribution in [3.8, 4) is 0 Å². The van der Waals surface area contributed by atoms with Crippen LogP contribution >= 0.6 is 7.82 Å². The van der Waals surface area contributed by atoms with Gasteiger partial charge in [0.15, 0.2) is 0 Å². The monoisotopic (exact) mass is 349 g/mol. The molecule has 0 radical (unpaired) electrons. The van der Waals surface area contributed by atoms with Crippen molar-refractivity contribution < 1.29 is 45.6 Å². The lowest BCUT2D eigenvalue weighted by Gasteiger charge is -2.24. The first-order chi connectivity index (χ1) is 9.03. The molecule has 0 amide bonds. The van der Waals surface area contributed by atoms with Crippen molar-refractivity contribution in [2.45, 2.75) is 57.5 Å². The highest BCUT2D eigenvalue weighted by atomic mass is 31.2. The molecule has 0 rings (SSSR count). The summed E-state index contributed by atoms with van der Waals surface area (Å²) >= 11 is 0. The number of hydrogen-bond donors (Lipinski definition) is 4. The molecule has 0 spiro atoms. The molecule has 130 valence electrons. The number of halogens is 6. The van der Waals surface area contributed by atoms with Gasteiger partial charge in [-0.2, -0.15) is 26.3 Å². The average Bonchev–Trinajstić information content (AvgIpc) is 2.08. The van der Waals surface area contributed by atoms with E-state index in [2.05, 4.69) is 5.32 Å². The van der Waals surface area contributed by atoms with Gasteiger partial charge in [-0.05, 0) is 13.3 Å². The second-order valence-electron chi connectivity index (χ2n) is 4.32. The van der Waals surface area contributed by atoms with Crippen LogP contribution in [0.4, 0.5) is 26.3 Å². The van der Waals surface area contributed by atoms with Crippen LogP contribution in [-0.2, 0) is 4.57 Å². The van der Waals surface area contributed by atoms with E-state index in [1.165, 1.54) is 0 Å². The summed E-state index contributed by atoms with van der Waals surface area (Å²) in [6, 6.07) is -1.97. The predicted octanol–water partition coefficient (Wildman–Crippen LogP) is 2.72. The minimum Gasteiger partial charge on any atom is -0.311 e. The molecule has 1 unspecified atom stereocenters. The van der Waals surface area contributed by atoms with E-state index in [4.69, 9.17) is 19.2 Å². The van der Waals surface area contributed by atoms with Crippen LogP contribution in [-0.4, -0.2) is 39.1 Å². The number of hydrogen-bond acceptors (Lipinski definition) is 2. The summed E-state index contributed by atoms with van der Waals surface area (Å²) in [6.07, 6.45) is -11.6. The molecule has 0 aromatic heterocycles. The molecule has 0 heterocycles. The van der Waals surface area contributed by atoms with E-state index < -0.39 is 39.1 Å². The van der Waals surface area contributed by atoms with Crippen LogP contribution < -0.4 is 5.32 Å². The van der Waals surface area contributed by atoms with Gasteiger partial charge in [0.2, 0.25) is 0 Å². The molecule has 0 saturated carbocycles. The van der Waals surface area contributed by atoms with Gasteiger partial charge < -0.3 is 20.0 Å². The van der Waals surface area contributed by atoms with E-state index in [0.29, 0.717) is 6.42 Å². The van der Waals surface area contributed by atoms with E-state index in [0.717, 1.165) is 0 Å². The third-order valence-corrected chi connectivity index (χ3v) is 2.09. The van der Waals surface area contributed by atoms with Gasteiger partial charge in [0.1, 0.15) is 0 Å². The maximum Gasteiger partial charge on any atom is 0.466 e. The molecule has 0 aliphatic rings. The molecule has 0 bridgehead atoms. The molecule has 12 heteroatoms. The summed E-state index contributed by atoms with van der Waals surface area (Å²) in [5.41, 5.74) is 0. The van der Waals surface area contributed by atoms with E-state index in [-0.39, 0.29) is 6.04 Å². The van der Waals surface area contributed by atoms with E-state index in [1.807, 2.05) is 0 Å². The molecule has 0 saturated heterocycles. The fourth-order valence-corrected chi connectivity index (χ4v) is 1.27. The van der Waals surface area contributed by atoms with E-state index in [9.17, 15) is 26.3 Å². The van der Waals surface area contributed by atoms with Gasteiger partial charge >= 0.3 is 20.2 Å². The van der Waals surface area contributed by atoms with Crippen LogP contribution in [0.15, 0.2) is 0 Å². The number of nitrogens with one attached hydrogen (secondary N) is 1. The van der Waals surface area contributed by atoms with E-state index in [1.54, 1.807) is 13.8 Å². The summed E-state index contributed by atoms with van der Waals surface area (Å²) in [4.78, 5) is 21.6. The van der Waals surface area contributed by atoms with Gasteiger partial charge in [-0.1, -0.05) is 6.92 Å². The lowest BCUT2D eigenvalue weighted by atomic mass is 10.1. The number of phosphoric acid groups is 1. The van der Waals surface area contributed by atoms with Gasteiger partial charge in [-0.3, -0.25) is 0 Å². The molecule has 1 atom stereocenters. The lowest BCUT2D eigenvalue weighted by Crippen LogP contribution is -2.41. The summed E-state index contributed by atoms with van der Waals surface area (Å²) < 4.78 is 81.0. The normalized spacial score (nSPS) is 14.7. The highest BCUT2D eigenvalue weighted by Gasteiger charge is 2.38. The van der Waals surface area contributed by atoms with Crippen molar-refractivity contribution in [1.82, 2.24) is 5.32 Å². The standard InChI is InChI=1S/C9H15F6N.H3O4P/c1-3-6(2)16-7(4-8(10,11)12)5-9(13,14)15;1-5(2,3)4/h6-7,16H,3-5H2,1-2H3;(H3,1,2,3,4). The largest absolute Gasteiger partial charge is 0.466 e. The summed E-state index contributed by atoms with van der Waals surface area (Å²) in [6.45, 7) is 3.25. The van der Waals surface area contributed by atoms with Crippen LogP contribution in [0.2, 0.25) is 0 Å². The first kappa shape index (κ1) is 22.9.